The zero-order valence-electron chi connectivity index (χ0n) is 8.57. The molecule has 1 aliphatic rings. The van der Waals surface area contributed by atoms with Crippen LogP contribution < -0.4 is 0 Å². The summed E-state index contributed by atoms with van der Waals surface area (Å²) < 4.78 is 0. The van der Waals surface area contributed by atoms with Gasteiger partial charge in [-0.15, -0.1) is 11.8 Å². The Morgan fingerprint density at radius 3 is 2.57 bits per heavy atom. The van der Waals surface area contributed by atoms with Crippen molar-refractivity contribution in [2.45, 2.75) is 49.3 Å². The quantitative estimate of drug-likeness (QED) is 0.746. The normalized spacial score (nSPS) is 18.4. The first-order valence-electron chi connectivity index (χ1n) is 5.30. The summed E-state index contributed by atoms with van der Waals surface area (Å²) in [6.07, 6.45) is 10.4. The molecule has 1 fully saturated rings. The zero-order chi connectivity index (χ0) is 9.80. The van der Waals surface area contributed by atoms with Crippen molar-refractivity contribution >= 4 is 11.8 Å². The van der Waals surface area contributed by atoms with Gasteiger partial charge in [-0.3, -0.25) is 4.98 Å². The van der Waals surface area contributed by atoms with Gasteiger partial charge in [0, 0.05) is 17.6 Å². The van der Waals surface area contributed by atoms with Crippen LogP contribution in [-0.4, -0.2) is 15.2 Å². The van der Waals surface area contributed by atoms with E-state index in [9.17, 15) is 0 Å². The maximum Gasteiger partial charge on any atom is 0.117 e. The van der Waals surface area contributed by atoms with Gasteiger partial charge in [-0.05, 0) is 19.8 Å². The number of nitrogens with zero attached hydrogens (tertiary/aromatic N) is 2. The van der Waals surface area contributed by atoms with E-state index in [-0.39, 0.29) is 0 Å². The van der Waals surface area contributed by atoms with Crippen LogP contribution in [0, 0.1) is 6.92 Å². The van der Waals surface area contributed by atoms with Gasteiger partial charge in [-0.25, -0.2) is 4.98 Å². The van der Waals surface area contributed by atoms with E-state index in [2.05, 4.69) is 9.97 Å². The Labute approximate surface area is 89.5 Å². The number of aryl methyl sites for hydroxylation is 1. The average Bonchev–Trinajstić information content (AvgIpc) is 2.23. The first kappa shape index (κ1) is 9.97. The van der Waals surface area contributed by atoms with Crippen LogP contribution in [0.1, 0.15) is 37.8 Å². The summed E-state index contributed by atoms with van der Waals surface area (Å²) in [5, 5.41) is 1.90. The second-order valence-corrected chi connectivity index (χ2v) is 5.11. The predicted octanol–water partition coefficient (Wildman–Crippen LogP) is 3.21. The first-order chi connectivity index (χ1) is 6.86. The highest BCUT2D eigenvalue weighted by Crippen LogP contribution is 2.33. The van der Waals surface area contributed by atoms with Gasteiger partial charge in [-0.2, -0.15) is 0 Å². The van der Waals surface area contributed by atoms with E-state index >= 15 is 0 Å². The standard InChI is InChI=1S/C11H16N2S/c1-9-11(13-8-7-12-9)14-10-5-3-2-4-6-10/h7-8,10H,2-6H2,1H3. The second-order valence-electron chi connectivity index (χ2n) is 3.82. The molecule has 1 heterocycles. The van der Waals surface area contributed by atoms with Crippen molar-refractivity contribution in [2.24, 2.45) is 0 Å². The van der Waals surface area contributed by atoms with Gasteiger partial charge in [0.05, 0.1) is 5.69 Å². The lowest BCUT2D eigenvalue weighted by molar-refractivity contribution is 0.515. The summed E-state index contributed by atoms with van der Waals surface area (Å²) in [6.45, 7) is 2.04. The molecule has 14 heavy (non-hydrogen) atoms. The molecular weight excluding hydrogens is 192 g/mol. The van der Waals surface area contributed by atoms with Crippen molar-refractivity contribution in [1.82, 2.24) is 9.97 Å². The second kappa shape index (κ2) is 4.78. The largest absolute Gasteiger partial charge is 0.257 e. The molecule has 0 unspecified atom stereocenters. The molecule has 0 atom stereocenters. The Morgan fingerprint density at radius 1 is 1.14 bits per heavy atom. The third kappa shape index (κ3) is 2.47. The van der Waals surface area contributed by atoms with Gasteiger partial charge < -0.3 is 0 Å². The molecule has 1 aromatic heterocycles. The molecule has 76 valence electrons. The summed E-state index contributed by atoms with van der Waals surface area (Å²) in [5.41, 5.74) is 1.07. The lowest BCUT2D eigenvalue weighted by atomic mass is 10.0. The van der Waals surface area contributed by atoms with E-state index in [1.807, 2.05) is 18.7 Å². The summed E-state index contributed by atoms with van der Waals surface area (Å²) in [4.78, 5) is 8.63. The lowest BCUT2D eigenvalue weighted by Crippen LogP contribution is -2.08. The summed E-state index contributed by atoms with van der Waals surface area (Å²) >= 11 is 1.92. The molecule has 2 rings (SSSR count). The monoisotopic (exact) mass is 208 g/mol. The Balaban J connectivity index is 1.99. The topological polar surface area (TPSA) is 25.8 Å². The zero-order valence-corrected chi connectivity index (χ0v) is 9.39. The van der Waals surface area contributed by atoms with E-state index in [1.165, 1.54) is 32.1 Å². The molecule has 1 saturated carbocycles. The van der Waals surface area contributed by atoms with E-state index in [0.29, 0.717) is 0 Å². The lowest BCUT2D eigenvalue weighted by Gasteiger charge is -2.20. The SMILES string of the molecule is Cc1nccnc1SC1CCCCC1. The van der Waals surface area contributed by atoms with Crippen LogP contribution in [-0.2, 0) is 0 Å². The van der Waals surface area contributed by atoms with E-state index in [4.69, 9.17) is 0 Å². The van der Waals surface area contributed by atoms with Gasteiger partial charge in [0.25, 0.3) is 0 Å². The number of thioether (sulfide) groups is 1. The smallest absolute Gasteiger partial charge is 0.117 e. The van der Waals surface area contributed by atoms with Crippen molar-refractivity contribution in [3.8, 4) is 0 Å². The van der Waals surface area contributed by atoms with Crippen molar-refractivity contribution in [3.05, 3.63) is 18.1 Å². The maximum atomic E-state index is 4.37. The predicted molar refractivity (Wildman–Crippen MR) is 59.5 cm³/mol. The fourth-order valence-electron chi connectivity index (χ4n) is 1.85. The van der Waals surface area contributed by atoms with Crippen molar-refractivity contribution in [3.63, 3.8) is 0 Å². The molecule has 2 nitrogen and oxygen atoms in total. The molecule has 0 saturated heterocycles. The first-order valence-corrected chi connectivity index (χ1v) is 6.18. The number of hydrogen-bond donors (Lipinski definition) is 0. The minimum Gasteiger partial charge on any atom is -0.257 e. The van der Waals surface area contributed by atoms with E-state index in [1.54, 1.807) is 12.4 Å². The highest BCUT2D eigenvalue weighted by Gasteiger charge is 2.16. The molecule has 0 aromatic carbocycles. The summed E-state index contributed by atoms with van der Waals surface area (Å²) in [7, 11) is 0. The molecule has 0 radical (unpaired) electrons. The Hall–Kier alpha value is -0.570. The van der Waals surface area contributed by atoms with Gasteiger partial charge in [0.2, 0.25) is 0 Å². The van der Waals surface area contributed by atoms with E-state index < -0.39 is 0 Å². The van der Waals surface area contributed by atoms with Gasteiger partial charge in [0.15, 0.2) is 0 Å². The Bertz CT molecular complexity index is 295. The third-order valence-corrected chi connectivity index (χ3v) is 4.10. The number of rotatable bonds is 2. The fraction of sp³-hybridized carbons (Fsp3) is 0.636. The molecule has 0 bridgehead atoms. The van der Waals surface area contributed by atoms with Crippen molar-refractivity contribution < 1.29 is 0 Å². The molecule has 0 spiro atoms. The number of hydrogen-bond acceptors (Lipinski definition) is 3. The molecular formula is C11H16N2S. The van der Waals surface area contributed by atoms with Gasteiger partial charge >= 0.3 is 0 Å². The summed E-state index contributed by atoms with van der Waals surface area (Å²) in [5.74, 6) is 0. The van der Waals surface area contributed by atoms with Crippen LogP contribution >= 0.6 is 11.8 Å². The van der Waals surface area contributed by atoms with Gasteiger partial charge in [-0.1, -0.05) is 19.3 Å². The van der Waals surface area contributed by atoms with Crippen LogP contribution in [0.4, 0.5) is 0 Å². The van der Waals surface area contributed by atoms with E-state index in [0.717, 1.165) is 16.0 Å². The van der Waals surface area contributed by atoms with Crippen LogP contribution in [0.3, 0.4) is 0 Å². The van der Waals surface area contributed by atoms with Crippen molar-refractivity contribution in [2.75, 3.05) is 0 Å². The fourth-order valence-corrected chi connectivity index (χ4v) is 3.08. The van der Waals surface area contributed by atoms with Crippen LogP contribution in [0.5, 0.6) is 0 Å². The van der Waals surface area contributed by atoms with Crippen LogP contribution in [0.2, 0.25) is 0 Å². The molecule has 0 N–H and O–H groups in total. The minimum absolute atomic E-state index is 0.777. The highest BCUT2D eigenvalue weighted by molar-refractivity contribution is 7.99. The molecule has 0 amide bonds. The Kier molecular flexibility index (Phi) is 3.40. The highest BCUT2D eigenvalue weighted by atomic mass is 32.2. The van der Waals surface area contributed by atoms with Crippen LogP contribution in [0.15, 0.2) is 17.4 Å². The maximum absolute atomic E-state index is 4.37. The number of aromatic nitrogens is 2. The average molecular weight is 208 g/mol. The van der Waals surface area contributed by atoms with Crippen LogP contribution in [0.25, 0.3) is 0 Å². The summed E-state index contributed by atoms with van der Waals surface area (Å²) in [6, 6.07) is 0. The molecule has 3 heteroatoms. The van der Waals surface area contributed by atoms with Gasteiger partial charge in [0.1, 0.15) is 5.03 Å². The molecule has 0 aliphatic heterocycles. The third-order valence-electron chi connectivity index (χ3n) is 2.67. The molecule has 1 aliphatic carbocycles. The van der Waals surface area contributed by atoms with Crippen molar-refractivity contribution in [1.29, 1.82) is 0 Å². The molecule has 1 aromatic rings. The Morgan fingerprint density at radius 2 is 1.86 bits per heavy atom. The minimum atomic E-state index is 0.777.